The van der Waals surface area contributed by atoms with Crippen LogP contribution in [0.2, 0.25) is 0 Å². The van der Waals surface area contributed by atoms with Crippen LogP contribution in [0.5, 0.6) is 11.5 Å². The Morgan fingerprint density at radius 2 is 2.13 bits per heavy atom. The summed E-state index contributed by atoms with van der Waals surface area (Å²) in [6.07, 6.45) is 1.75. The summed E-state index contributed by atoms with van der Waals surface area (Å²) in [7, 11) is 0. The summed E-state index contributed by atoms with van der Waals surface area (Å²) in [5.74, 6) is -0.274. The molecule has 3 heterocycles. The van der Waals surface area contributed by atoms with Crippen LogP contribution in [-0.4, -0.2) is 48.0 Å². The van der Waals surface area contributed by atoms with E-state index < -0.39 is 11.7 Å². The predicted molar refractivity (Wildman–Crippen MR) is 107 cm³/mol. The van der Waals surface area contributed by atoms with Crippen molar-refractivity contribution in [1.82, 2.24) is 9.88 Å². The van der Waals surface area contributed by atoms with E-state index in [9.17, 15) is 14.0 Å². The second-order valence-corrected chi connectivity index (χ2v) is 7.41. The lowest BCUT2D eigenvalue weighted by Crippen LogP contribution is -2.52. The van der Waals surface area contributed by atoms with Gasteiger partial charge in [-0.3, -0.25) is 14.6 Å². The third-order valence-electron chi connectivity index (χ3n) is 5.24. The smallest absolute Gasteiger partial charge is 0.262 e. The topological polar surface area (TPSA) is 80.8 Å². The van der Waals surface area contributed by atoms with E-state index in [1.807, 2.05) is 30.3 Å². The fourth-order valence-electron chi connectivity index (χ4n) is 3.63. The number of aromatic nitrogens is 1. The molecule has 0 aliphatic carbocycles. The predicted octanol–water partition coefficient (Wildman–Crippen LogP) is 2.86. The van der Waals surface area contributed by atoms with Gasteiger partial charge in [0.05, 0.1) is 23.4 Å². The molecule has 0 bridgehead atoms. The van der Waals surface area contributed by atoms with E-state index in [0.717, 1.165) is 22.7 Å². The normalized spacial score (nSPS) is 15.8. The standard InChI is InChI=1S/C22H18FN3O4/c23-17-8-20-19(25-21(27)12-30-20)7-16(17)22(28)26-9-13(10-26)11-29-15-3-4-18-14(6-15)2-1-5-24-18/h1-8,13H,9-12H2,(H,25,27). The lowest BCUT2D eigenvalue weighted by Gasteiger charge is -2.39. The van der Waals surface area contributed by atoms with Gasteiger partial charge in [-0.05, 0) is 30.3 Å². The Bertz CT molecular complexity index is 1160. The molecule has 2 aliphatic rings. The molecule has 2 aliphatic heterocycles. The molecule has 5 rings (SSSR count). The second-order valence-electron chi connectivity index (χ2n) is 7.41. The molecule has 2 amide bonds. The molecule has 1 N–H and O–H groups in total. The highest BCUT2D eigenvalue weighted by Crippen LogP contribution is 2.32. The van der Waals surface area contributed by atoms with Crippen molar-refractivity contribution < 1.29 is 23.5 Å². The van der Waals surface area contributed by atoms with Crippen molar-refractivity contribution in [2.45, 2.75) is 0 Å². The van der Waals surface area contributed by atoms with Gasteiger partial charge in [0, 0.05) is 36.7 Å². The molecule has 7 nitrogen and oxygen atoms in total. The van der Waals surface area contributed by atoms with Gasteiger partial charge in [-0.25, -0.2) is 4.39 Å². The van der Waals surface area contributed by atoms with Crippen molar-refractivity contribution in [2.24, 2.45) is 5.92 Å². The number of nitrogens with one attached hydrogen (secondary N) is 1. The first-order valence-corrected chi connectivity index (χ1v) is 9.60. The quantitative estimate of drug-likeness (QED) is 0.719. The fraction of sp³-hybridized carbons (Fsp3) is 0.227. The minimum atomic E-state index is -0.667. The molecular formula is C22H18FN3O4. The highest BCUT2D eigenvalue weighted by atomic mass is 19.1. The maximum absolute atomic E-state index is 14.4. The zero-order valence-electron chi connectivity index (χ0n) is 15.9. The zero-order valence-corrected chi connectivity index (χ0v) is 15.9. The number of carbonyl (C=O) groups excluding carboxylic acids is 2. The lowest BCUT2D eigenvalue weighted by molar-refractivity contribution is -0.118. The lowest BCUT2D eigenvalue weighted by atomic mass is 9.99. The summed E-state index contributed by atoms with van der Waals surface area (Å²) in [6.45, 7) is 1.26. The number of halogens is 1. The molecule has 30 heavy (non-hydrogen) atoms. The van der Waals surface area contributed by atoms with Gasteiger partial charge in [-0.15, -0.1) is 0 Å². The Balaban J connectivity index is 1.20. The van der Waals surface area contributed by atoms with Crippen molar-refractivity contribution in [3.63, 3.8) is 0 Å². The maximum atomic E-state index is 14.4. The zero-order chi connectivity index (χ0) is 20.7. The molecule has 1 saturated heterocycles. The van der Waals surface area contributed by atoms with Gasteiger partial charge in [0.25, 0.3) is 11.8 Å². The first kappa shape index (κ1) is 18.4. The van der Waals surface area contributed by atoms with Gasteiger partial charge in [-0.1, -0.05) is 6.07 Å². The van der Waals surface area contributed by atoms with Gasteiger partial charge in [0.15, 0.2) is 6.61 Å². The summed E-state index contributed by atoms with van der Waals surface area (Å²) in [6, 6.07) is 12.0. The Morgan fingerprint density at radius 3 is 3.00 bits per heavy atom. The number of rotatable bonds is 4. The van der Waals surface area contributed by atoms with Gasteiger partial charge in [-0.2, -0.15) is 0 Å². The van der Waals surface area contributed by atoms with E-state index in [2.05, 4.69) is 10.3 Å². The minimum Gasteiger partial charge on any atom is -0.493 e. The van der Waals surface area contributed by atoms with Crippen LogP contribution in [0.15, 0.2) is 48.7 Å². The number of ether oxygens (including phenoxy) is 2. The van der Waals surface area contributed by atoms with Gasteiger partial charge in [0.2, 0.25) is 0 Å². The Morgan fingerprint density at radius 1 is 1.27 bits per heavy atom. The van der Waals surface area contributed by atoms with Crippen molar-refractivity contribution in [2.75, 3.05) is 31.6 Å². The number of hydrogen-bond acceptors (Lipinski definition) is 5. The van der Waals surface area contributed by atoms with Crippen LogP contribution >= 0.6 is 0 Å². The SMILES string of the molecule is O=C1COc2cc(F)c(C(=O)N3CC(COc4ccc5ncccc5c4)C3)cc2N1. The molecule has 3 aromatic rings. The van der Waals surface area contributed by atoms with E-state index in [4.69, 9.17) is 9.47 Å². The van der Waals surface area contributed by atoms with E-state index in [-0.39, 0.29) is 29.7 Å². The number of benzene rings is 2. The van der Waals surface area contributed by atoms with Gasteiger partial charge in [0.1, 0.15) is 17.3 Å². The van der Waals surface area contributed by atoms with E-state index in [1.165, 1.54) is 6.07 Å². The number of likely N-dealkylation sites (tertiary alicyclic amines) is 1. The molecule has 1 fully saturated rings. The molecule has 0 spiro atoms. The molecule has 0 unspecified atom stereocenters. The first-order valence-electron chi connectivity index (χ1n) is 9.60. The molecular weight excluding hydrogens is 389 g/mol. The summed E-state index contributed by atoms with van der Waals surface area (Å²) in [5, 5.41) is 3.59. The Hall–Kier alpha value is -3.68. The molecule has 2 aromatic carbocycles. The van der Waals surface area contributed by atoms with Crippen LogP contribution in [0.25, 0.3) is 10.9 Å². The number of carbonyl (C=O) groups is 2. The number of pyridine rings is 1. The largest absolute Gasteiger partial charge is 0.493 e. The van der Waals surface area contributed by atoms with Crippen LogP contribution < -0.4 is 14.8 Å². The van der Waals surface area contributed by atoms with Crippen LogP contribution in [0.4, 0.5) is 10.1 Å². The summed E-state index contributed by atoms with van der Waals surface area (Å²) in [5.41, 5.74) is 1.13. The number of hydrogen-bond donors (Lipinski definition) is 1. The highest BCUT2D eigenvalue weighted by molar-refractivity contribution is 6.00. The summed E-state index contributed by atoms with van der Waals surface area (Å²) < 4.78 is 25.4. The van der Waals surface area contributed by atoms with Crippen molar-refractivity contribution >= 4 is 28.4 Å². The molecule has 0 radical (unpaired) electrons. The highest BCUT2D eigenvalue weighted by Gasteiger charge is 2.33. The molecule has 1 aromatic heterocycles. The first-order chi connectivity index (χ1) is 14.6. The van der Waals surface area contributed by atoms with E-state index >= 15 is 0 Å². The number of anilines is 1. The van der Waals surface area contributed by atoms with Crippen LogP contribution in [-0.2, 0) is 4.79 Å². The number of fused-ring (bicyclic) bond motifs is 2. The van der Waals surface area contributed by atoms with Crippen molar-refractivity contribution in [3.8, 4) is 11.5 Å². The van der Waals surface area contributed by atoms with Crippen molar-refractivity contribution in [1.29, 1.82) is 0 Å². The minimum absolute atomic E-state index is 0.0825. The average Bonchev–Trinajstić information content (AvgIpc) is 2.72. The molecule has 0 saturated carbocycles. The van der Waals surface area contributed by atoms with Crippen LogP contribution in [0, 0.1) is 11.7 Å². The Labute approximate surface area is 171 Å². The third kappa shape index (κ3) is 3.41. The van der Waals surface area contributed by atoms with Crippen LogP contribution in [0.3, 0.4) is 0 Å². The van der Waals surface area contributed by atoms with Crippen LogP contribution in [0.1, 0.15) is 10.4 Å². The molecule has 8 heteroatoms. The maximum Gasteiger partial charge on any atom is 0.262 e. The number of amides is 2. The summed E-state index contributed by atoms with van der Waals surface area (Å²) in [4.78, 5) is 30.0. The number of nitrogens with zero attached hydrogens (tertiary/aromatic N) is 2. The summed E-state index contributed by atoms with van der Waals surface area (Å²) >= 11 is 0. The molecule has 0 atom stereocenters. The van der Waals surface area contributed by atoms with E-state index in [1.54, 1.807) is 11.1 Å². The molecule has 152 valence electrons. The monoisotopic (exact) mass is 407 g/mol. The second kappa shape index (κ2) is 7.29. The van der Waals surface area contributed by atoms with Gasteiger partial charge < -0.3 is 19.7 Å². The van der Waals surface area contributed by atoms with Crippen molar-refractivity contribution in [3.05, 3.63) is 60.0 Å². The average molecular weight is 407 g/mol. The van der Waals surface area contributed by atoms with E-state index in [0.29, 0.717) is 25.4 Å². The fourth-order valence-corrected chi connectivity index (χ4v) is 3.63. The van der Waals surface area contributed by atoms with Gasteiger partial charge >= 0.3 is 0 Å². The Kier molecular flexibility index (Phi) is 4.46. The third-order valence-corrected chi connectivity index (χ3v) is 5.24.